The molecular formula is C22H25NO3. The van der Waals surface area contributed by atoms with Crippen molar-refractivity contribution < 1.29 is 14.7 Å². The molecule has 0 saturated carbocycles. The molecule has 1 N–H and O–H groups in total. The lowest BCUT2D eigenvalue weighted by Crippen LogP contribution is -2.53. The molecule has 1 saturated heterocycles. The second kappa shape index (κ2) is 7.94. The van der Waals surface area contributed by atoms with Crippen molar-refractivity contribution in [1.29, 1.82) is 0 Å². The molecule has 2 atom stereocenters. The van der Waals surface area contributed by atoms with Crippen LogP contribution in [-0.4, -0.2) is 41.2 Å². The third-order valence-electron chi connectivity index (χ3n) is 5.25. The Morgan fingerprint density at radius 2 is 1.69 bits per heavy atom. The first-order valence-corrected chi connectivity index (χ1v) is 9.09. The Morgan fingerprint density at radius 3 is 2.31 bits per heavy atom. The first kappa shape index (κ1) is 18.5. The Balaban J connectivity index is 1.91. The van der Waals surface area contributed by atoms with Crippen LogP contribution in [-0.2, 0) is 10.4 Å². The van der Waals surface area contributed by atoms with Gasteiger partial charge in [0.1, 0.15) is 11.4 Å². The highest BCUT2D eigenvalue weighted by Gasteiger charge is 2.46. The zero-order valence-electron chi connectivity index (χ0n) is 15.1. The van der Waals surface area contributed by atoms with Crippen LogP contribution in [0.15, 0.2) is 60.7 Å². The van der Waals surface area contributed by atoms with Crippen LogP contribution in [0.3, 0.4) is 0 Å². The second-order valence-electron chi connectivity index (χ2n) is 7.08. The number of piperidine rings is 1. The molecule has 1 fully saturated rings. The number of benzene rings is 2. The van der Waals surface area contributed by atoms with Crippen LogP contribution in [0.2, 0.25) is 0 Å². The summed E-state index contributed by atoms with van der Waals surface area (Å²) in [7, 11) is 0. The lowest BCUT2D eigenvalue weighted by molar-refractivity contribution is -0.117. The van der Waals surface area contributed by atoms with E-state index < -0.39 is 11.5 Å². The first-order chi connectivity index (χ1) is 12.5. The monoisotopic (exact) mass is 351 g/mol. The van der Waals surface area contributed by atoms with Crippen molar-refractivity contribution in [2.45, 2.75) is 25.4 Å². The van der Waals surface area contributed by atoms with E-state index in [1.807, 2.05) is 48.5 Å². The van der Waals surface area contributed by atoms with E-state index in [9.17, 15) is 14.7 Å². The fourth-order valence-corrected chi connectivity index (χ4v) is 3.70. The zero-order chi connectivity index (χ0) is 18.6. The minimum Gasteiger partial charge on any atom is -0.384 e. The van der Waals surface area contributed by atoms with Crippen LogP contribution in [0.4, 0.5) is 0 Å². The van der Waals surface area contributed by atoms with Gasteiger partial charge in [0.2, 0.25) is 0 Å². The van der Waals surface area contributed by atoms with Gasteiger partial charge in [0.05, 0.1) is 5.92 Å². The average Bonchev–Trinajstić information content (AvgIpc) is 2.68. The molecule has 0 spiro atoms. The van der Waals surface area contributed by atoms with Crippen molar-refractivity contribution >= 4 is 11.6 Å². The molecule has 2 aromatic rings. The number of ketones is 2. The molecule has 2 aromatic carbocycles. The number of Topliss-reactive ketones (excluding diaryl/α,β-unsaturated/α-hetero) is 2. The lowest BCUT2D eigenvalue weighted by Gasteiger charge is -2.44. The summed E-state index contributed by atoms with van der Waals surface area (Å²) >= 11 is 0. The maximum absolute atomic E-state index is 13.2. The van der Waals surface area contributed by atoms with Gasteiger partial charge in [-0.1, -0.05) is 60.7 Å². The fraction of sp³-hybridized carbons (Fsp3) is 0.364. The Morgan fingerprint density at radius 1 is 1.08 bits per heavy atom. The van der Waals surface area contributed by atoms with Crippen LogP contribution in [0.25, 0.3) is 0 Å². The van der Waals surface area contributed by atoms with E-state index in [-0.39, 0.29) is 11.6 Å². The van der Waals surface area contributed by atoms with Gasteiger partial charge in [-0.25, -0.2) is 0 Å². The highest BCUT2D eigenvalue weighted by atomic mass is 16.3. The van der Waals surface area contributed by atoms with Gasteiger partial charge in [-0.3, -0.25) is 9.59 Å². The smallest absolute Gasteiger partial charge is 0.170 e. The van der Waals surface area contributed by atoms with E-state index >= 15 is 0 Å². The summed E-state index contributed by atoms with van der Waals surface area (Å²) in [5, 5.41) is 11.5. The summed E-state index contributed by atoms with van der Waals surface area (Å²) in [4.78, 5) is 26.7. The van der Waals surface area contributed by atoms with E-state index in [0.29, 0.717) is 38.0 Å². The number of nitrogens with zero attached hydrogens (tertiary/aromatic N) is 1. The molecule has 26 heavy (non-hydrogen) atoms. The number of aliphatic hydroxyl groups is 1. The van der Waals surface area contributed by atoms with Crippen LogP contribution < -0.4 is 0 Å². The van der Waals surface area contributed by atoms with Crippen LogP contribution in [0, 0.1) is 5.92 Å². The maximum atomic E-state index is 13.2. The Hall–Kier alpha value is -2.30. The fourth-order valence-electron chi connectivity index (χ4n) is 3.70. The molecule has 0 aromatic heterocycles. The summed E-state index contributed by atoms with van der Waals surface area (Å²) < 4.78 is 0. The molecule has 1 heterocycles. The van der Waals surface area contributed by atoms with Gasteiger partial charge < -0.3 is 10.0 Å². The molecule has 0 radical (unpaired) electrons. The number of rotatable bonds is 6. The van der Waals surface area contributed by atoms with Crippen molar-refractivity contribution in [1.82, 2.24) is 4.90 Å². The quantitative estimate of drug-likeness (QED) is 0.813. The standard InChI is InChI=1S/C22H25NO3/c1-17(24)12-14-23-15-13-22(26,19-10-6-3-7-11-19)20(16-23)21(25)18-8-4-2-5-9-18/h2-11,20,26H,12-16H2,1H3. The topological polar surface area (TPSA) is 57.6 Å². The minimum absolute atomic E-state index is 0.0514. The van der Waals surface area contributed by atoms with Crippen molar-refractivity contribution in [2.24, 2.45) is 5.92 Å². The molecule has 1 aliphatic heterocycles. The molecule has 1 aliphatic rings. The van der Waals surface area contributed by atoms with Crippen LogP contribution in [0.1, 0.15) is 35.7 Å². The molecule has 0 aliphatic carbocycles. The summed E-state index contributed by atoms with van der Waals surface area (Å²) in [6, 6.07) is 18.6. The van der Waals surface area contributed by atoms with Crippen LogP contribution in [0.5, 0.6) is 0 Å². The maximum Gasteiger partial charge on any atom is 0.170 e. The van der Waals surface area contributed by atoms with Gasteiger partial charge in [-0.05, 0) is 18.9 Å². The number of carbonyl (C=O) groups is 2. The van der Waals surface area contributed by atoms with E-state index in [2.05, 4.69) is 4.90 Å². The Labute approximate surface area is 154 Å². The van der Waals surface area contributed by atoms with Gasteiger partial charge in [0, 0.05) is 31.6 Å². The van der Waals surface area contributed by atoms with E-state index in [0.717, 1.165) is 5.56 Å². The molecule has 4 nitrogen and oxygen atoms in total. The minimum atomic E-state index is -1.19. The molecule has 3 rings (SSSR count). The van der Waals surface area contributed by atoms with Gasteiger partial charge >= 0.3 is 0 Å². The SMILES string of the molecule is CC(=O)CCN1CCC(O)(c2ccccc2)C(C(=O)c2ccccc2)C1. The number of hydrogen-bond donors (Lipinski definition) is 1. The third-order valence-corrected chi connectivity index (χ3v) is 5.25. The molecule has 2 unspecified atom stereocenters. The van der Waals surface area contributed by atoms with Crippen LogP contribution >= 0.6 is 0 Å². The second-order valence-corrected chi connectivity index (χ2v) is 7.08. The predicted octanol–water partition coefficient (Wildman–Crippen LogP) is 3.06. The summed E-state index contributed by atoms with van der Waals surface area (Å²) in [6.45, 7) is 3.32. The zero-order valence-corrected chi connectivity index (χ0v) is 15.1. The third kappa shape index (κ3) is 3.92. The first-order valence-electron chi connectivity index (χ1n) is 9.09. The number of hydrogen-bond acceptors (Lipinski definition) is 4. The largest absolute Gasteiger partial charge is 0.384 e. The van der Waals surface area contributed by atoms with Crippen molar-refractivity contribution in [2.75, 3.05) is 19.6 Å². The van der Waals surface area contributed by atoms with Gasteiger partial charge in [-0.2, -0.15) is 0 Å². The number of carbonyl (C=O) groups excluding carboxylic acids is 2. The highest BCUT2D eigenvalue weighted by Crippen LogP contribution is 2.39. The Kier molecular flexibility index (Phi) is 5.64. The highest BCUT2D eigenvalue weighted by molar-refractivity contribution is 5.99. The van der Waals surface area contributed by atoms with Gasteiger partial charge in [0.25, 0.3) is 0 Å². The molecule has 0 bridgehead atoms. The average molecular weight is 351 g/mol. The lowest BCUT2D eigenvalue weighted by atomic mass is 9.72. The summed E-state index contributed by atoms with van der Waals surface area (Å²) in [6.07, 6.45) is 0.939. The van der Waals surface area contributed by atoms with E-state index in [1.165, 1.54) is 0 Å². The van der Waals surface area contributed by atoms with Crippen molar-refractivity contribution in [3.63, 3.8) is 0 Å². The van der Waals surface area contributed by atoms with E-state index in [4.69, 9.17) is 0 Å². The summed E-state index contributed by atoms with van der Waals surface area (Å²) in [5.41, 5.74) is 0.196. The molecule has 0 amide bonds. The Bertz CT molecular complexity index is 759. The van der Waals surface area contributed by atoms with E-state index in [1.54, 1.807) is 19.1 Å². The van der Waals surface area contributed by atoms with Crippen molar-refractivity contribution in [3.05, 3.63) is 71.8 Å². The van der Waals surface area contributed by atoms with Crippen molar-refractivity contribution in [3.8, 4) is 0 Å². The van der Waals surface area contributed by atoms with Gasteiger partial charge in [0.15, 0.2) is 5.78 Å². The van der Waals surface area contributed by atoms with Gasteiger partial charge in [-0.15, -0.1) is 0 Å². The number of likely N-dealkylation sites (tertiary alicyclic amines) is 1. The summed E-state index contributed by atoms with van der Waals surface area (Å²) in [5.74, 6) is -0.475. The molecule has 4 heteroatoms. The normalized spacial score (nSPS) is 23.5. The predicted molar refractivity (Wildman–Crippen MR) is 101 cm³/mol. The molecule has 136 valence electrons. The molecular weight excluding hydrogens is 326 g/mol.